The number of amides is 1. The number of aromatic nitrogens is 2. The fourth-order valence-corrected chi connectivity index (χ4v) is 1.33. The zero-order chi connectivity index (χ0) is 12.1. The van der Waals surface area contributed by atoms with Gasteiger partial charge in [-0.2, -0.15) is 5.10 Å². The zero-order valence-electron chi connectivity index (χ0n) is 10.1. The van der Waals surface area contributed by atoms with E-state index in [9.17, 15) is 4.79 Å². The van der Waals surface area contributed by atoms with Crippen molar-refractivity contribution in [2.75, 3.05) is 5.32 Å². The van der Waals surface area contributed by atoms with Gasteiger partial charge in [-0.05, 0) is 12.3 Å². The van der Waals surface area contributed by atoms with Crippen molar-refractivity contribution in [3.8, 4) is 0 Å². The first-order valence-corrected chi connectivity index (χ1v) is 5.69. The number of carbonyl (C=O) groups excluding carboxylic acids is 1. The highest BCUT2D eigenvalue weighted by atomic mass is 16.2. The first-order valence-electron chi connectivity index (χ1n) is 5.69. The van der Waals surface area contributed by atoms with Crippen LogP contribution in [-0.2, 0) is 11.2 Å². The Morgan fingerprint density at radius 3 is 2.81 bits per heavy atom. The smallest absolute Gasteiger partial charge is 0.242 e. The predicted molar refractivity (Wildman–Crippen MR) is 64.0 cm³/mol. The molecule has 5 nitrogen and oxygen atoms in total. The van der Waals surface area contributed by atoms with Crippen LogP contribution in [0, 0.1) is 5.92 Å². The van der Waals surface area contributed by atoms with Crippen LogP contribution in [0.2, 0.25) is 0 Å². The third-order valence-electron chi connectivity index (χ3n) is 2.82. The molecule has 90 valence electrons. The van der Waals surface area contributed by atoms with Gasteiger partial charge in [-0.3, -0.25) is 9.89 Å². The summed E-state index contributed by atoms with van der Waals surface area (Å²) in [5.74, 6) is 0.536. The van der Waals surface area contributed by atoms with Gasteiger partial charge in [0.15, 0.2) is 5.82 Å². The second-order valence-corrected chi connectivity index (χ2v) is 4.03. The van der Waals surface area contributed by atoms with Crippen molar-refractivity contribution in [2.45, 2.75) is 39.7 Å². The lowest BCUT2D eigenvalue weighted by molar-refractivity contribution is -0.118. The van der Waals surface area contributed by atoms with Gasteiger partial charge in [-0.25, -0.2) is 0 Å². The van der Waals surface area contributed by atoms with Crippen LogP contribution in [0.4, 0.5) is 5.82 Å². The third-order valence-corrected chi connectivity index (χ3v) is 2.82. The molecule has 0 spiro atoms. The first-order chi connectivity index (χ1) is 7.58. The molecule has 0 fully saturated rings. The molecular formula is C11H20N4O. The molecule has 0 saturated heterocycles. The van der Waals surface area contributed by atoms with Gasteiger partial charge in [0.05, 0.1) is 6.04 Å². The van der Waals surface area contributed by atoms with Crippen molar-refractivity contribution >= 4 is 11.7 Å². The number of carbonyl (C=O) groups is 1. The van der Waals surface area contributed by atoms with E-state index in [2.05, 4.69) is 15.5 Å². The lowest BCUT2D eigenvalue weighted by Gasteiger charge is -2.16. The molecule has 4 N–H and O–H groups in total. The number of H-pyrrole nitrogens is 1. The molecule has 1 heterocycles. The van der Waals surface area contributed by atoms with Crippen molar-refractivity contribution in [3.05, 3.63) is 11.8 Å². The maximum atomic E-state index is 11.7. The maximum absolute atomic E-state index is 11.7. The van der Waals surface area contributed by atoms with Gasteiger partial charge in [0.1, 0.15) is 0 Å². The number of nitrogens with zero attached hydrogens (tertiary/aromatic N) is 1. The largest absolute Gasteiger partial charge is 0.320 e. The van der Waals surface area contributed by atoms with Crippen LogP contribution in [0.25, 0.3) is 0 Å². The number of nitrogens with one attached hydrogen (secondary N) is 2. The lowest BCUT2D eigenvalue weighted by Crippen LogP contribution is -2.40. The van der Waals surface area contributed by atoms with Crippen molar-refractivity contribution in [1.82, 2.24) is 10.2 Å². The second-order valence-electron chi connectivity index (χ2n) is 4.03. The van der Waals surface area contributed by atoms with Crippen LogP contribution in [-0.4, -0.2) is 22.1 Å². The van der Waals surface area contributed by atoms with Crippen LogP contribution in [0.15, 0.2) is 6.07 Å². The van der Waals surface area contributed by atoms with Gasteiger partial charge < -0.3 is 11.1 Å². The van der Waals surface area contributed by atoms with E-state index < -0.39 is 6.04 Å². The normalized spacial score (nSPS) is 14.5. The Balaban J connectivity index is 2.57. The van der Waals surface area contributed by atoms with E-state index in [4.69, 9.17) is 5.73 Å². The maximum Gasteiger partial charge on any atom is 0.242 e. The third kappa shape index (κ3) is 3.06. The van der Waals surface area contributed by atoms with Crippen LogP contribution >= 0.6 is 0 Å². The van der Waals surface area contributed by atoms with Crippen LogP contribution in [0.1, 0.15) is 32.9 Å². The average molecular weight is 224 g/mol. The number of rotatable bonds is 5. The molecule has 0 radical (unpaired) electrons. The van der Waals surface area contributed by atoms with Crippen LogP contribution in [0.5, 0.6) is 0 Å². The molecule has 1 aromatic heterocycles. The Morgan fingerprint density at radius 1 is 1.62 bits per heavy atom. The Kier molecular flexibility index (Phi) is 4.49. The second kappa shape index (κ2) is 5.65. The molecule has 2 atom stereocenters. The molecule has 0 bridgehead atoms. The summed E-state index contributed by atoms with van der Waals surface area (Å²) in [4.78, 5) is 11.7. The first kappa shape index (κ1) is 12.7. The molecule has 1 unspecified atom stereocenters. The topological polar surface area (TPSA) is 83.8 Å². The van der Waals surface area contributed by atoms with E-state index >= 15 is 0 Å². The van der Waals surface area contributed by atoms with Gasteiger partial charge in [0, 0.05) is 11.8 Å². The number of hydrogen-bond acceptors (Lipinski definition) is 3. The number of nitrogens with two attached hydrogens (primary N) is 1. The van der Waals surface area contributed by atoms with E-state index in [0.717, 1.165) is 18.5 Å². The quantitative estimate of drug-likeness (QED) is 0.704. The molecule has 16 heavy (non-hydrogen) atoms. The van der Waals surface area contributed by atoms with E-state index in [1.807, 2.05) is 26.8 Å². The molecule has 1 rings (SSSR count). The number of aromatic amines is 1. The molecular weight excluding hydrogens is 204 g/mol. The lowest BCUT2D eigenvalue weighted by atomic mass is 9.99. The number of aryl methyl sites for hydroxylation is 1. The summed E-state index contributed by atoms with van der Waals surface area (Å²) in [5, 5.41) is 9.52. The van der Waals surface area contributed by atoms with Gasteiger partial charge in [-0.1, -0.05) is 27.2 Å². The van der Waals surface area contributed by atoms with E-state index in [1.54, 1.807) is 0 Å². The highest BCUT2D eigenvalue weighted by molar-refractivity contribution is 5.94. The summed E-state index contributed by atoms with van der Waals surface area (Å²) >= 11 is 0. The fourth-order valence-electron chi connectivity index (χ4n) is 1.33. The molecule has 0 aliphatic carbocycles. The predicted octanol–water partition coefficient (Wildman–Crippen LogP) is 1.28. The van der Waals surface area contributed by atoms with Crippen molar-refractivity contribution in [2.24, 2.45) is 11.7 Å². The average Bonchev–Trinajstić information content (AvgIpc) is 2.74. The summed E-state index contributed by atoms with van der Waals surface area (Å²) in [7, 11) is 0. The molecule has 0 aliphatic rings. The minimum Gasteiger partial charge on any atom is -0.320 e. The Labute approximate surface area is 95.8 Å². The molecule has 0 saturated carbocycles. The van der Waals surface area contributed by atoms with E-state index in [-0.39, 0.29) is 11.8 Å². The summed E-state index contributed by atoms with van der Waals surface area (Å²) in [6.07, 6.45) is 1.75. The molecule has 5 heteroatoms. The van der Waals surface area contributed by atoms with Crippen LogP contribution < -0.4 is 11.1 Å². The highest BCUT2D eigenvalue weighted by Crippen LogP contribution is 2.10. The van der Waals surface area contributed by atoms with Gasteiger partial charge in [0.2, 0.25) is 5.91 Å². The summed E-state index contributed by atoms with van der Waals surface area (Å²) in [5.41, 5.74) is 6.80. The SMILES string of the molecule is CCc1cc(NC(=O)[C@@H](N)C(C)CC)n[nH]1. The summed E-state index contributed by atoms with van der Waals surface area (Å²) < 4.78 is 0. The Morgan fingerprint density at radius 2 is 2.31 bits per heavy atom. The van der Waals surface area contributed by atoms with Crippen molar-refractivity contribution < 1.29 is 4.79 Å². The Bertz CT molecular complexity index is 348. The molecule has 1 aromatic rings. The van der Waals surface area contributed by atoms with Gasteiger partial charge in [0.25, 0.3) is 0 Å². The summed E-state index contributed by atoms with van der Waals surface area (Å²) in [6, 6.07) is 1.34. The minimum absolute atomic E-state index is 0.171. The van der Waals surface area contributed by atoms with Gasteiger partial charge in [-0.15, -0.1) is 0 Å². The van der Waals surface area contributed by atoms with E-state index in [1.165, 1.54) is 0 Å². The molecule has 0 aliphatic heterocycles. The molecule has 0 aromatic carbocycles. The van der Waals surface area contributed by atoms with E-state index in [0.29, 0.717) is 5.82 Å². The van der Waals surface area contributed by atoms with Gasteiger partial charge >= 0.3 is 0 Å². The zero-order valence-corrected chi connectivity index (χ0v) is 10.1. The van der Waals surface area contributed by atoms with Crippen molar-refractivity contribution in [1.29, 1.82) is 0 Å². The minimum atomic E-state index is -0.480. The Hall–Kier alpha value is -1.36. The number of hydrogen-bond donors (Lipinski definition) is 3. The van der Waals surface area contributed by atoms with Crippen molar-refractivity contribution in [3.63, 3.8) is 0 Å². The summed E-state index contributed by atoms with van der Waals surface area (Å²) in [6.45, 7) is 6.00. The number of anilines is 1. The fraction of sp³-hybridized carbons (Fsp3) is 0.636. The van der Waals surface area contributed by atoms with Crippen LogP contribution in [0.3, 0.4) is 0 Å². The highest BCUT2D eigenvalue weighted by Gasteiger charge is 2.19. The standard InChI is InChI=1S/C11H20N4O/c1-4-7(3)10(12)11(16)13-9-6-8(5-2)14-15-9/h6-7,10H,4-5,12H2,1-3H3,(H2,13,14,15,16)/t7?,10-/m0/s1. The molecule has 1 amide bonds. The monoisotopic (exact) mass is 224 g/mol.